The fourth-order valence-corrected chi connectivity index (χ4v) is 8.06. The van der Waals surface area contributed by atoms with Crippen molar-refractivity contribution in [2.45, 2.75) is 71.8 Å². The summed E-state index contributed by atoms with van der Waals surface area (Å²) < 4.78 is 0. The highest BCUT2D eigenvalue weighted by atomic mass is 16.5. The summed E-state index contributed by atoms with van der Waals surface area (Å²) in [5.41, 5.74) is 2.03. The van der Waals surface area contributed by atoms with E-state index in [9.17, 15) is 15.1 Å². The van der Waals surface area contributed by atoms with Crippen LogP contribution in [0.5, 0.6) is 0 Å². The van der Waals surface area contributed by atoms with E-state index in [1.807, 2.05) is 0 Å². The van der Waals surface area contributed by atoms with Gasteiger partial charge in [0.2, 0.25) is 0 Å². The number of allylic oxidation sites excluding steroid dienone is 1. The molecule has 3 fully saturated rings. The monoisotopic (exact) mass is 384 g/mol. The zero-order valence-corrected chi connectivity index (χ0v) is 17.4. The fraction of sp³-hybridized carbons (Fsp3) is 0.739. The zero-order valence-electron chi connectivity index (χ0n) is 17.4. The van der Waals surface area contributed by atoms with Crippen molar-refractivity contribution >= 4 is 11.9 Å². The van der Waals surface area contributed by atoms with Crippen molar-refractivity contribution in [3.05, 3.63) is 23.0 Å². The molecule has 0 radical (unpaired) electrons. The molecule has 0 unspecified atom stereocenters. The van der Waals surface area contributed by atoms with Gasteiger partial charge in [0.25, 0.3) is 0 Å². The van der Waals surface area contributed by atoms with Gasteiger partial charge < -0.3 is 10.3 Å². The van der Waals surface area contributed by atoms with Crippen LogP contribution < -0.4 is 0 Å². The largest absolute Gasteiger partial charge is 0.411 e. The lowest BCUT2D eigenvalue weighted by Crippen LogP contribution is -2.58. The van der Waals surface area contributed by atoms with Gasteiger partial charge in [-0.25, -0.2) is 0 Å². The number of carbonyl (C=O) groups is 1. The maximum Gasteiger partial charge on any atom is 0.161 e. The number of hydrogen-bond acceptors (Lipinski definition) is 4. The van der Waals surface area contributed by atoms with Gasteiger partial charge in [-0.05, 0) is 80.6 Å². The minimum atomic E-state index is -1.15. The molecule has 4 aliphatic carbocycles. The molecule has 0 spiro atoms. The summed E-state index contributed by atoms with van der Waals surface area (Å²) in [6.07, 6.45) is 9.54. The van der Waals surface area contributed by atoms with Crippen LogP contribution in [0.3, 0.4) is 0 Å². The number of fused-ring (bicyclic) bond motifs is 6. The Labute approximate surface area is 166 Å². The molecule has 0 bridgehead atoms. The van der Waals surface area contributed by atoms with Crippen molar-refractivity contribution in [1.82, 2.24) is 9.94 Å². The SMILES string of the molecule is CC(=O)[C@@]1(O)CC[C@H]2[C@@H]3C[C@H](C)C4=Cc5c(cnn5O)C[C@]4(C)[C@H]3CC[C@@]21C. The first-order valence-corrected chi connectivity index (χ1v) is 10.8. The molecular weight excluding hydrogens is 352 g/mol. The van der Waals surface area contributed by atoms with E-state index in [0.717, 1.165) is 48.2 Å². The second kappa shape index (κ2) is 5.50. The zero-order chi connectivity index (χ0) is 20.1. The Balaban J connectivity index is 1.56. The quantitative estimate of drug-likeness (QED) is 0.721. The lowest BCUT2D eigenvalue weighted by atomic mass is 9.44. The molecule has 0 saturated heterocycles. The third-order valence-electron chi connectivity index (χ3n) is 9.52. The van der Waals surface area contributed by atoms with Gasteiger partial charge in [0.15, 0.2) is 5.78 Å². The summed E-state index contributed by atoms with van der Waals surface area (Å²) in [5, 5.41) is 25.4. The van der Waals surface area contributed by atoms with Crippen LogP contribution in [0.4, 0.5) is 0 Å². The van der Waals surface area contributed by atoms with Crippen LogP contribution >= 0.6 is 0 Å². The molecule has 7 atom stereocenters. The molecule has 0 aliphatic heterocycles. The average Bonchev–Trinajstić information content (AvgIpc) is 3.12. The summed E-state index contributed by atoms with van der Waals surface area (Å²) in [6.45, 7) is 8.45. The van der Waals surface area contributed by atoms with Gasteiger partial charge in [-0.15, -0.1) is 9.94 Å². The van der Waals surface area contributed by atoms with Crippen molar-refractivity contribution in [3.8, 4) is 0 Å². The summed E-state index contributed by atoms with van der Waals surface area (Å²) in [6, 6.07) is 0. The highest BCUT2D eigenvalue weighted by Crippen LogP contribution is 2.68. The van der Waals surface area contributed by atoms with Crippen LogP contribution in [0.1, 0.15) is 71.1 Å². The van der Waals surface area contributed by atoms with E-state index in [1.165, 1.54) is 5.57 Å². The molecule has 0 amide bonds. The first-order valence-electron chi connectivity index (χ1n) is 10.8. The number of rotatable bonds is 1. The Hall–Kier alpha value is -1.62. The molecule has 1 aromatic heterocycles. The molecule has 0 aromatic carbocycles. The molecule has 3 saturated carbocycles. The topological polar surface area (TPSA) is 75.3 Å². The van der Waals surface area contributed by atoms with E-state index < -0.39 is 5.60 Å². The van der Waals surface area contributed by atoms with E-state index >= 15 is 0 Å². The summed E-state index contributed by atoms with van der Waals surface area (Å²) in [5.74, 6) is 1.88. The minimum absolute atomic E-state index is 0.0516. The van der Waals surface area contributed by atoms with Gasteiger partial charge >= 0.3 is 0 Å². The summed E-state index contributed by atoms with van der Waals surface area (Å²) in [7, 11) is 0. The normalized spacial score (nSPS) is 46.8. The van der Waals surface area contributed by atoms with Gasteiger partial charge in [-0.2, -0.15) is 0 Å². The van der Waals surface area contributed by atoms with E-state index in [-0.39, 0.29) is 16.6 Å². The molecule has 1 heterocycles. The third-order valence-corrected chi connectivity index (χ3v) is 9.52. The van der Waals surface area contributed by atoms with Gasteiger partial charge in [-0.1, -0.05) is 26.3 Å². The Morgan fingerprint density at radius 2 is 1.96 bits per heavy atom. The Morgan fingerprint density at radius 1 is 1.25 bits per heavy atom. The first-order chi connectivity index (χ1) is 13.1. The second-order valence-electron chi connectivity index (χ2n) is 10.6. The lowest BCUT2D eigenvalue weighted by molar-refractivity contribution is -0.160. The van der Waals surface area contributed by atoms with E-state index in [0.29, 0.717) is 30.1 Å². The number of carbonyl (C=O) groups excluding carboxylic acids is 1. The molecule has 28 heavy (non-hydrogen) atoms. The first kappa shape index (κ1) is 18.4. The van der Waals surface area contributed by atoms with Crippen LogP contribution in [0.25, 0.3) is 6.08 Å². The lowest BCUT2D eigenvalue weighted by Gasteiger charge is -2.60. The molecule has 4 aliphatic rings. The smallest absolute Gasteiger partial charge is 0.161 e. The van der Waals surface area contributed by atoms with Crippen molar-refractivity contribution in [2.75, 3.05) is 0 Å². The fourth-order valence-electron chi connectivity index (χ4n) is 8.06. The molecule has 2 N–H and O–H groups in total. The standard InChI is InChI=1S/C23H32N2O3/c1-13-9-16-17(5-7-22(4)18(16)6-8-23(22,27)14(2)26)21(3)11-15-12-24-25(28)20(15)10-19(13)21/h10,12-13,16-18,27-28H,5-9,11H2,1-4H3/t13-,16+,17-,18-,21+,22-,23-/m0/s1. The van der Waals surface area contributed by atoms with Crippen LogP contribution in [-0.2, 0) is 11.2 Å². The molecule has 5 nitrogen and oxygen atoms in total. The van der Waals surface area contributed by atoms with Gasteiger partial charge in [0.1, 0.15) is 11.3 Å². The molecule has 152 valence electrons. The van der Waals surface area contributed by atoms with Crippen LogP contribution in [0.15, 0.2) is 11.8 Å². The summed E-state index contributed by atoms with van der Waals surface area (Å²) in [4.78, 5) is 13.4. The molecular formula is C23H32N2O3. The number of Topliss-reactive ketones (excluding diaryl/α,β-unsaturated/α-hetero) is 1. The second-order valence-corrected chi connectivity index (χ2v) is 10.6. The van der Waals surface area contributed by atoms with Gasteiger partial charge in [0, 0.05) is 11.0 Å². The predicted octanol–water partition coefficient (Wildman–Crippen LogP) is 3.87. The van der Waals surface area contributed by atoms with Crippen molar-refractivity contribution < 1.29 is 15.1 Å². The van der Waals surface area contributed by atoms with Crippen LogP contribution in [0.2, 0.25) is 0 Å². The number of hydrogen-bond donors (Lipinski definition) is 2. The van der Waals surface area contributed by atoms with E-state index in [1.54, 1.807) is 13.1 Å². The minimum Gasteiger partial charge on any atom is -0.411 e. The van der Waals surface area contributed by atoms with Crippen molar-refractivity contribution in [2.24, 2.45) is 34.5 Å². The van der Waals surface area contributed by atoms with E-state index in [2.05, 4.69) is 31.9 Å². The number of aromatic nitrogens is 2. The van der Waals surface area contributed by atoms with Gasteiger partial charge in [0.05, 0.1) is 6.20 Å². The maximum absolute atomic E-state index is 12.4. The van der Waals surface area contributed by atoms with Crippen molar-refractivity contribution in [1.29, 1.82) is 0 Å². The highest BCUT2D eigenvalue weighted by Gasteiger charge is 2.66. The Bertz CT molecular complexity index is 888. The molecule has 5 rings (SSSR count). The van der Waals surface area contributed by atoms with Crippen LogP contribution in [-0.4, -0.2) is 31.6 Å². The number of ketones is 1. The third kappa shape index (κ3) is 2.01. The molecule has 5 heteroatoms. The average molecular weight is 385 g/mol. The predicted molar refractivity (Wildman–Crippen MR) is 106 cm³/mol. The van der Waals surface area contributed by atoms with Crippen molar-refractivity contribution in [3.63, 3.8) is 0 Å². The molecule has 1 aromatic rings. The highest BCUT2D eigenvalue weighted by molar-refractivity contribution is 5.86. The van der Waals surface area contributed by atoms with E-state index in [4.69, 9.17) is 0 Å². The number of aliphatic hydroxyl groups is 1. The number of nitrogens with zero attached hydrogens (tertiary/aromatic N) is 2. The Kier molecular flexibility index (Phi) is 3.62. The summed E-state index contributed by atoms with van der Waals surface area (Å²) >= 11 is 0. The van der Waals surface area contributed by atoms with Gasteiger partial charge in [-0.3, -0.25) is 4.79 Å². The maximum atomic E-state index is 12.4. The Morgan fingerprint density at radius 3 is 2.68 bits per heavy atom. The van der Waals surface area contributed by atoms with Crippen LogP contribution in [0, 0.1) is 34.5 Å².